The zero-order valence-corrected chi connectivity index (χ0v) is 15.6. The second-order valence-corrected chi connectivity index (χ2v) is 9.07. The number of hydrogen-bond acceptors (Lipinski definition) is 5. The molecule has 0 radical (unpaired) electrons. The zero-order chi connectivity index (χ0) is 18.7. The van der Waals surface area contributed by atoms with Crippen LogP contribution in [-0.4, -0.2) is 55.0 Å². The average molecular weight is 377 g/mol. The Hall–Kier alpha value is -2.22. The molecule has 2 heterocycles. The molecule has 0 bridgehead atoms. The highest BCUT2D eigenvalue weighted by Gasteiger charge is 2.37. The Morgan fingerprint density at radius 3 is 2.85 bits per heavy atom. The summed E-state index contributed by atoms with van der Waals surface area (Å²) < 4.78 is 23.3. The summed E-state index contributed by atoms with van der Waals surface area (Å²) in [5.41, 5.74) is 2.60. The van der Waals surface area contributed by atoms with Gasteiger partial charge in [-0.05, 0) is 25.3 Å². The van der Waals surface area contributed by atoms with Crippen LogP contribution in [0.3, 0.4) is 0 Å². The molecule has 8 heteroatoms. The lowest BCUT2D eigenvalue weighted by molar-refractivity contribution is -0.133. The largest absolute Gasteiger partial charge is 0.351 e. The van der Waals surface area contributed by atoms with Crippen molar-refractivity contribution in [3.05, 3.63) is 35.4 Å². The van der Waals surface area contributed by atoms with Crippen molar-refractivity contribution in [2.75, 3.05) is 18.1 Å². The fourth-order valence-corrected chi connectivity index (χ4v) is 4.97. The molecule has 0 aliphatic carbocycles. The van der Waals surface area contributed by atoms with E-state index in [9.17, 15) is 18.0 Å². The minimum absolute atomic E-state index is 0.0645. The first-order chi connectivity index (χ1) is 12.3. The number of sulfone groups is 1. The summed E-state index contributed by atoms with van der Waals surface area (Å²) in [6.45, 7) is 2.50. The minimum atomic E-state index is -3.12. The van der Waals surface area contributed by atoms with Crippen LogP contribution in [0.5, 0.6) is 0 Å². The number of nitrogens with one attached hydrogen (secondary N) is 1. The minimum Gasteiger partial charge on any atom is -0.351 e. The SMILES string of the molecule is Cc1cccc(CCNC(=O)C2=NN([C@@H]3CCS(=O)(=O)C3)C(=O)CC2)c1. The fraction of sp³-hybridized carbons (Fsp3) is 0.500. The van der Waals surface area contributed by atoms with E-state index in [1.807, 2.05) is 25.1 Å². The standard InChI is InChI=1S/C18H23N3O4S/c1-13-3-2-4-14(11-13)7-9-19-18(23)16-5-6-17(22)21(20-16)15-8-10-26(24,25)12-15/h2-4,11,15H,5-10,12H2,1H3,(H,19,23)/t15-/m1/s1. The molecule has 26 heavy (non-hydrogen) atoms. The number of hydrogen-bond donors (Lipinski definition) is 1. The van der Waals surface area contributed by atoms with E-state index >= 15 is 0 Å². The smallest absolute Gasteiger partial charge is 0.267 e. The molecule has 0 unspecified atom stereocenters. The molecule has 0 saturated carbocycles. The monoisotopic (exact) mass is 377 g/mol. The lowest BCUT2D eigenvalue weighted by Crippen LogP contribution is -2.44. The van der Waals surface area contributed by atoms with Crippen molar-refractivity contribution in [1.82, 2.24) is 10.3 Å². The van der Waals surface area contributed by atoms with Gasteiger partial charge in [0.25, 0.3) is 5.91 Å². The Labute approximate surface area is 153 Å². The summed E-state index contributed by atoms with van der Waals surface area (Å²) in [7, 11) is -3.12. The molecule has 1 aromatic carbocycles. The van der Waals surface area contributed by atoms with Gasteiger partial charge in [0.2, 0.25) is 5.91 Å². The van der Waals surface area contributed by atoms with E-state index in [4.69, 9.17) is 0 Å². The van der Waals surface area contributed by atoms with E-state index in [1.54, 1.807) is 0 Å². The maximum atomic E-state index is 12.4. The first kappa shape index (κ1) is 18.6. The maximum absolute atomic E-state index is 12.4. The van der Waals surface area contributed by atoms with Crippen molar-refractivity contribution in [2.45, 2.75) is 38.6 Å². The van der Waals surface area contributed by atoms with Gasteiger partial charge in [-0.3, -0.25) is 9.59 Å². The van der Waals surface area contributed by atoms with Crippen LogP contribution in [0.25, 0.3) is 0 Å². The summed E-state index contributed by atoms with van der Waals surface area (Å²) in [6, 6.07) is 7.64. The third kappa shape index (κ3) is 4.49. The Morgan fingerprint density at radius 1 is 1.35 bits per heavy atom. The molecular formula is C18H23N3O4S. The van der Waals surface area contributed by atoms with E-state index in [2.05, 4.69) is 16.5 Å². The molecule has 2 aliphatic rings. The third-order valence-electron chi connectivity index (χ3n) is 4.66. The van der Waals surface area contributed by atoms with Gasteiger partial charge in [-0.15, -0.1) is 0 Å². The van der Waals surface area contributed by atoms with Gasteiger partial charge in [0.05, 0.1) is 17.5 Å². The van der Waals surface area contributed by atoms with E-state index < -0.39 is 15.9 Å². The molecule has 0 aromatic heterocycles. The summed E-state index contributed by atoms with van der Waals surface area (Å²) in [4.78, 5) is 24.4. The molecule has 7 nitrogen and oxygen atoms in total. The normalized spacial score (nSPS) is 22.2. The molecule has 2 amide bonds. The van der Waals surface area contributed by atoms with E-state index in [0.29, 0.717) is 19.4 Å². The fourth-order valence-electron chi connectivity index (χ4n) is 3.28. The van der Waals surface area contributed by atoms with Crippen LogP contribution < -0.4 is 5.32 Å². The van der Waals surface area contributed by atoms with Gasteiger partial charge in [-0.2, -0.15) is 5.10 Å². The Bertz CT molecular complexity index is 848. The molecule has 1 aromatic rings. The number of carbonyl (C=O) groups excluding carboxylic acids is 2. The summed E-state index contributed by atoms with van der Waals surface area (Å²) in [6.07, 6.45) is 1.55. The zero-order valence-electron chi connectivity index (χ0n) is 14.8. The molecule has 3 rings (SSSR count). The third-order valence-corrected chi connectivity index (χ3v) is 6.41. The van der Waals surface area contributed by atoms with Crippen molar-refractivity contribution in [3.8, 4) is 0 Å². The molecule has 1 atom stereocenters. The molecule has 1 saturated heterocycles. The van der Waals surface area contributed by atoms with E-state index in [-0.39, 0.29) is 41.9 Å². The van der Waals surface area contributed by atoms with Crippen LogP contribution in [0.1, 0.15) is 30.4 Å². The Kier molecular flexibility index (Phi) is 5.41. The lowest BCUT2D eigenvalue weighted by atomic mass is 10.1. The van der Waals surface area contributed by atoms with Gasteiger partial charge in [0.15, 0.2) is 9.84 Å². The van der Waals surface area contributed by atoms with Gasteiger partial charge < -0.3 is 5.32 Å². The highest BCUT2D eigenvalue weighted by molar-refractivity contribution is 7.91. The van der Waals surface area contributed by atoms with Crippen LogP contribution in [-0.2, 0) is 25.8 Å². The lowest BCUT2D eigenvalue weighted by Gasteiger charge is -2.27. The van der Waals surface area contributed by atoms with Crippen LogP contribution in [0.2, 0.25) is 0 Å². The number of hydrazone groups is 1. The van der Waals surface area contributed by atoms with Crippen LogP contribution in [0, 0.1) is 6.92 Å². The van der Waals surface area contributed by atoms with E-state index in [0.717, 1.165) is 5.56 Å². The molecule has 140 valence electrons. The predicted octanol–water partition coefficient (Wildman–Crippen LogP) is 0.819. The van der Waals surface area contributed by atoms with Gasteiger partial charge >= 0.3 is 0 Å². The predicted molar refractivity (Wildman–Crippen MR) is 98.5 cm³/mol. The average Bonchev–Trinajstić information content (AvgIpc) is 2.95. The number of rotatable bonds is 5. The Balaban J connectivity index is 1.59. The van der Waals surface area contributed by atoms with Crippen molar-refractivity contribution in [2.24, 2.45) is 5.10 Å². The highest BCUT2D eigenvalue weighted by Crippen LogP contribution is 2.22. The number of benzene rings is 1. The van der Waals surface area contributed by atoms with Crippen molar-refractivity contribution < 1.29 is 18.0 Å². The first-order valence-electron chi connectivity index (χ1n) is 8.78. The number of nitrogens with zero attached hydrogens (tertiary/aromatic N) is 2. The van der Waals surface area contributed by atoms with Gasteiger partial charge in [0.1, 0.15) is 5.71 Å². The summed E-state index contributed by atoms with van der Waals surface area (Å²) >= 11 is 0. The van der Waals surface area contributed by atoms with E-state index in [1.165, 1.54) is 10.6 Å². The van der Waals surface area contributed by atoms with Crippen molar-refractivity contribution in [3.63, 3.8) is 0 Å². The van der Waals surface area contributed by atoms with Crippen LogP contribution in [0.15, 0.2) is 29.4 Å². The number of amides is 2. The van der Waals surface area contributed by atoms with Crippen molar-refractivity contribution >= 4 is 27.4 Å². The first-order valence-corrected chi connectivity index (χ1v) is 10.6. The van der Waals surface area contributed by atoms with Gasteiger partial charge in [-0.25, -0.2) is 13.4 Å². The quantitative estimate of drug-likeness (QED) is 0.822. The second-order valence-electron chi connectivity index (χ2n) is 6.84. The summed E-state index contributed by atoms with van der Waals surface area (Å²) in [5, 5.41) is 8.22. The number of carbonyl (C=O) groups is 2. The van der Waals surface area contributed by atoms with Gasteiger partial charge in [-0.1, -0.05) is 29.8 Å². The topological polar surface area (TPSA) is 95.9 Å². The number of aryl methyl sites for hydroxylation is 1. The van der Waals surface area contributed by atoms with Crippen molar-refractivity contribution in [1.29, 1.82) is 0 Å². The Morgan fingerprint density at radius 2 is 2.15 bits per heavy atom. The summed E-state index contributed by atoms with van der Waals surface area (Å²) in [5.74, 6) is -0.529. The highest BCUT2D eigenvalue weighted by atomic mass is 32.2. The van der Waals surface area contributed by atoms with Crippen LogP contribution >= 0.6 is 0 Å². The maximum Gasteiger partial charge on any atom is 0.267 e. The second kappa shape index (κ2) is 7.57. The van der Waals surface area contributed by atoms with Gasteiger partial charge in [0, 0.05) is 19.4 Å². The molecule has 0 spiro atoms. The van der Waals surface area contributed by atoms with Crippen LogP contribution in [0.4, 0.5) is 0 Å². The molecule has 2 aliphatic heterocycles. The molecule has 1 N–H and O–H groups in total. The molecular weight excluding hydrogens is 354 g/mol. The molecule has 1 fully saturated rings.